The molecule has 0 aliphatic heterocycles. The number of benzene rings is 2. The Hall–Kier alpha value is -3.63. The average Bonchev–Trinajstić information content (AvgIpc) is 2.83. The van der Waals surface area contributed by atoms with Crippen LogP contribution in [0.4, 0.5) is 21.9 Å². The zero-order valence-electron chi connectivity index (χ0n) is 19.8. The number of rotatable bonds is 7. The maximum Gasteiger partial charge on any atom is 0.403 e. The van der Waals surface area contributed by atoms with Gasteiger partial charge in [0.1, 0.15) is 19.3 Å². The molecule has 3 rings (SSSR count). The molecule has 0 spiro atoms. The summed E-state index contributed by atoms with van der Waals surface area (Å²) in [6.45, 7) is 3.34. The fourth-order valence-electron chi connectivity index (χ4n) is 3.53. The highest BCUT2D eigenvalue weighted by atomic mass is 79.9. The number of carbonyl (C=O) groups excluding carboxylic acids is 2. The lowest BCUT2D eigenvalue weighted by molar-refractivity contribution is -0.114. The third kappa shape index (κ3) is 6.52. The Labute approximate surface area is 222 Å². The fourth-order valence-corrected chi connectivity index (χ4v) is 3.98. The van der Waals surface area contributed by atoms with E-state index in [0.717, 1.165) is 10.2 Å². The first-order chi connectivity index (χ1) is 17.2. The maximum absolute atomic E-state index is 13.2. The molecule has 0 unspecified atom stereocenters. The minimum atomic E-state index is -1.02. The minimum Gasteiger partial charge on any atom is -0.451 e. The molecule has 0 atom stereocenters. The Kier molecular flexibility index (Phi) is 8.89. The minimum absolute atomic E-state index is 0.0740. The van der Waals surface area contributed by atoms with Crippen LogP contribution >= 0.6 is 27.5 Å². The molecule has 3 aromatic rings. The van der Waals surface area contributed by atoms with Crippen LogP contribution in [0.5, 0.6) is 0 Å². The summed E-state index contributed by atoms with van der Waals surface area (Å²) in [6, 6.07) is 14.9. The fraction of sp³-hybridized carbons (Fsp3) is 0.231. The van der Waals surface area contributed by atoms with Gasteiger partial charge in [-0.25, -0.2) is 4.79 Å². The van der Waals surface area contributed by atoms with E-state index < -0.39 is 16.9 Å². The summed E-state index contributed by atoms with van der Waals surface area (Å²) < 4.78 is 10.8. The number of nitrogens with zero attached hydrogens (tertiary/aromatic N) is 3. The Morgan fingerprint density at radius 2 is 2.03 bits per heavy atom. The first kappa shape index (κ1) is 27.0. The highest BCUT2D eigenvalue weighted by Gasteiger charge is 2.33. The number of methoxy groups -OCH3 is 1. The molecule has 184 valence electrons. The molecule has 10 heteroatoms. The third-order valence-electron chi connectivity index (χ3n) is 5.08. The Morgan fingerprint density at radius 3 is 2.69 bits per heavy atom. The average molecular weight is 570 g/mol. The number of carbonyl (C=O) groups is 2. The number of pyridine rings is 1. The van der Waals surface area contributed by atoms with Gasteiger partial charge in [0.05, 0.1) is 22.3 Å². The van der Waals surface area contributed by atoms with Gasteiger partial charge >= 0.3 is 11.3 Å². The van der Waals surface area contributed by atoms with E-state index in [9.17, 15) is 14.9 Å². The number of amides is 1. The maximum atomic E-state index is 13.2. The number of anilines is 3. The third-order valence-corrected chi connectivity index (χ3v) is 5.69. The van der Waals surface area contributed by atoms with Gasteiger partial charge in [-0.1, -0.05) is 27.9 Å². The monoisotopic (exact) mass is 568 g/mol. The van der Waals surface area contributed by atoms with Crippen molar-refractivity contribution in [1.29, 1.82) is 5.26 Å². The molecular formula is C26H22BrClN4O4. The van der Waals surface area contributed by atoms with Gasteiger partial charge in [0.2, 0.25) is 0 Å². The molecule has 2 aromatic carbocycles. The van der Waals surface area contributed by atoms with Crippen LogP contribution in [0, 0.1) is 23.2 Å². The summed E-state index contributed by atoms with van der Waals surface area (Å²) in [4.78, 5) is 30.3. The Bertz CT molecular complexity index is 1410. The van der Waals surface area contributed by atoms with Crippen molar-refractivity contribution in [2.45, 2.75) is 19.4 Å². The predicted octanol–water partition coefficient (Wildman–Crippen LogP) is 5.75. The van der Waals surface area contributed by atoms with E-state index in [1.807, 2.05) is 24.3 Å². The molecule has 0 radical (unpaired) electrons. The standard InChI is InChI=1S/C26H22BrClN4O4/c1-26(2,16-36-25(28)34)32(23(33)8-5-11-35-3)20-9-10-22-21(13-20)24(17(14-29)15-30-22)31-19-7-4-6-18(27)12-19/h4,6-7,9-10,12-13,15H,11,16H2,1-3H3,(H,30,31). The first-order valence-corrected chi connectivity index (χ1v) is 11.8. The van der Waals surface area contributed by atoms with Crippen LogP contribution in [0.15, 0.2) is 53.1 Å². The zero-order chi connectivity index (χ0) is 26.3. The molecule has 8 nitrogen and oxygen atoms in total. The quantitative estimate of drug-likeness (QED) is 0.285. The number of fused-ring (bicyclic) bond motifs is 1. The summed E-state index contributed by atoms with van der Waals surface area (Å²) in [5, 5.41) is 13.7. The van der Waals surface area contributed by atoms with Gasteiger partial charge in [-0.15, -0.1) is 0 Å². The molecular weight excluding hydrogens is 548 g/mol. The number of aromatic nitrogens is 1. The van der Waals surface area contributed by atoms with Crippen molar-refractivity contribution < 1.29 is 19.1 Å². The molecule has 0 fully saturated rings. The lowest BCUT2D eigenvalue weighted by atomic mass is 10.0. The van der Waals surface area contributed by atoms with Crippen LogP contribution in [-0.4, -0.2) is 42.2 Å². The SMILES string of the molecule is COCC#CC(=O)N(c1ccc2ncc(C#N)c(Nc3cccc(Br)c3)c2c1)C(C)(C)COC(=O)Cl. The van der Waals surface area contributed by atoms with Crippen LogP contribution in [0.2, 0.25) is 0 Å². The number of hydrogen-bond acceptors (Lipinski definition) is 7. The second-order valence-corrected chi connectivity index (χ2v) is 9.43. The first-order valence-electron chi connectivity index (χ1n) is 10.7. The molecule has 1 N–H and O–H groups in total. The van der Waals surface area contributed by atoms with Crippen molar-refractivity contribution in [3.05, 3.63) is 58.7 Å². The number of hydrogen-bond donors (Lipinski definition) is 1. The summed E-state index contributed by atoms with van der Waals surface area (Å²) in [5.74, 6) is 4.68. The topological polar surface area (TPSA) is 105 Å². The van der Waals surface area contributed by atoms with Crippen molar-refractivity contribution >= 4 is 66.8 Å². The second-order valence-electron chi connectivity index (χ2n) is 8.21. The Morgan fingerprint density at radius 1 is 1.25 bits per heavy atom. The number of ether oxygens (including phenoxy) is 2. The van der Waals surface area contributed by atoms with Gasteiger partial charge in [-0.2, -0.15) is 5.26 Å². The largest absolute Gasteiger partial charge is 0.451 e. The molecule has 0 saturated heterocycles. The highest BCUT2D eigenvalue weighted by Crippen LogP contribution is 2.34. The summed E-state index contributed by atoms with van der Waals surface area (Å²) >= 11 is 8.83. The van der Waals surface area contributed by atoms with E-state index in [2.05, 4.69) is 44.1 Å². The van der Waals surface area contributed by atoms with E-state index >= 15 is 0 Å². The molecule has 0 bridgehead atoms. The smallest absolute Gasteiger partial charge is 0.403 e. The van der Waals surface area contributed by atoms with Crippen molar-refractivity contribution in [2.75, 3.05) is 30.5 Å². The van der Waals surface area contributed by atoms with Crippen molar-refractivity contribution in [3.63, 3.8) is 0 Å². The van der Waals surface area contributed by atoms with E-state index in [0.29, 0.717) is 27.8 Å². The van der Waals surface area contributed by atoms with E-state index in [-0.39, 0.29) is 13.2 Å². The molecule has 1 aromatic heterocycles. The lowest BCUT2D eigenvalue weighted by Gasteiger charge is -2.36. The predicted molar refractivity (Wildman–Crippen MR) is 142 cm³/mol. The van der Waals surface area contributed by atoms with E-state index in [1.54, 1.807) is 32.0 Å². The lowest BCUT2D eigenvalue weighted by Crippen LogP contribution is -2.51. The molecule has 0 saturated carbocycles. The van der Waals surface area contributed by atoms with Crippen LogP contribution in [0.1, 0.15) is 19.4 Å². The summed E-state index contributed by atoms with van der Waals surface area (Å²) in [7, 11) is 1.48. The molecule has 1 heterocycles. The van der Waals surface area contributed by atoms with Gasteiger partial charge in [-0.3, -0.25) is 14.7 Å². The van der Waals surface area contributed by atoms with Gasteiger partial charge in [0.25, 0.3) is 0 Å². The van der Waals surface area contributed by atoms with Crippen molar-refractivity contribution in [3.8, 4) is 17.9 Å². The van der Waals surface area contributed by atoms with Crippen LogP contribution < -0.4 is 10.2 Å². The highest BCUT2D eigenvalue weighted by molar-refractivity contribution is 9.10. The van der Waals surface area contributed by atoms with Crippen LogP contribution in [0.3, 0.4) is 0 Å². The van der Waals surface area contributed by atoms with Gasteiger partial charge < -0.3 is 14.8 Å². The van der Waals surface area contributed by atoms with Gasteiger partial charge in [-0.05, 0) is 56.2 Å². The van der Waals surface area contributed by atoms with E-state index in [1.165, 1.54) is 18.2 Å². The van der Waals surface area contributed by atoms with Crippen LogP contribution in [0.25, 0.3) is 10.9 Å². The number of nitrogens with one attached hydrogen (secondary N) is 1. The van der Waals surface area contributed by atoms with Crippen molar-refractivity contribution in [1.82, 2.24) is 4.98 Å². The molecule has 1 amide bonds. The molecule has 0 aliphatic rings. The second kappa shape index (κ2) is 11.9. The normalized spacial score (nSPS) is 10.7. The van der Waals surface area contributed by atoms with Crippen LogP contribution in [-0.2, 0) is 14.3 Å². The zero-order valence-corrected chi connectivity index (χ0v) is 22.1. The Balaban J connectivity index is 2.17. The van der Waals surface area contributed by atoms with E-state index in [4.69, 9.17) is 21.1 Å². The summed E-state index contributed by atoms with van der Waals surface area (Å²) in [5.41, 5.74) is 0.685. The van der Waals surface area contributed by atoms with Gasteiger partial charge in [0.15, 0.2) is 0 Å². The molecule has 0 aliphatic carbocycles. The summed E-state index contributed by atoms with van der Waals surface area (Å²) in [6.07, 6.45) is 1.49. The number of halogens is 2. The van der Waals surface area contributed by atoms with Gasteiger partial charge in [0, 0.05) is 46.1 Å². The number of nitriles is 1. The van der Waals surface area contributed by atoms with Crippen molar-refractivity contribution in [2.24, 2.45) is 0 Å². The molecule has 36 heavy (non-hydrogen) atoms.